The van der Waals surface area contributed by atoms with Crippen LogP contribution in [-0.4, -0.2) is 19.1 Å². The summed E-state index contributed by atoms with van der Waals surface area (Å²) in [6.07, 6.45) is -0.600. The summed E-state index contributed by atoms with van der Waals surface area (Å²) in [6.45, 7) is 3.64. The lowest BCUT2D eigenvalue weighted by molar-refractivity contribution is -0.127. The summed E-state index contributed by atoms with van der Waals surface area (Å²) in [4.78, 5) is 12.2. The first kappa shape index (κ1) is 17.2. The maximum Gasteiger partial charge on any atom is 0.261 e. The van der Waals surface area contributed by atoms with Crippen molar-refractivity contribution in [2.45, 2.75) is 26.0 Å². The highest BCUT2D eigenvalue weighted by atomic mass is 35.5. The monoisotopic (exact) mass is 333 g/mol. The number of nitrogens with one attached hydrogen (secondary N) is 1. The third kappa shape index (κ3) is 4.89. The van der Waals surface area contributed by atoms with Gasteiger partial charge in [0.1, 0.15) is 11.5 Å². The lowest BCUT2D eigenvalue weighted by Crippen LogP contribution is -2.37. The zero-order chi connectivity index (χ0) is 16.8. The molecule has 0 radical (unpaired) electrons. The van der Waals surface area contributed by atoms with E-state index in [2.05, 4.69) is 5.32 Å². The van der Waals surface area contributed by atoms with Gasteiger partial charge < -0.3 is 14.8 Å². The Balaban J connectivity index is 1.92. The van der Waals surface area contributed by atoms with E-state index in [0.717, 1.165) is 11.3 Å². The van der Waals surface area contributed by atoms with Crippen LogP contribution >= 0.6 is 11.6 Å². The molecule has 0 aliphatic heterocycles. The first-order valence-corrected chi connectivity index (χ1v) is 7.74. The average molecular weight is 334 g/mol. The zero-order valence-corrected chi connectivity index (χ0v) is 14.1. The van der Waals surface area contributed by atoms with Crippen molar-refractivity contribution in [2.24, 2.45) is 0 Å². The third-order valence-electron chi connectivity index (χ3n) is 3.47. The lowest BCUT2D eigenvalue weighted by atomic mass is 10.1. The number of hydrogen-bond acceptors (Lipinski definition) is 3. The first-order chi connectivity index (χ1) is 11.0. The minimum Gasteiger partial charge on any atom is -0.497 e. The van der Waals surface area contributed by atoms with Gasteiger partial charge in [0, 0.05) is 5.02 Å². The van der Waals surface area contributed by atoms with Crippen molar-refractivity contribution in [1.29, 1.82) is 0 Å². The molecule has 1 amide bonds. The van der Waals surface area contributed by atoms with E-state index in [1.54, 1.807) is 38.3 Å². The number of carbonyl (C=O) groups excluding carboxylic acids is 1. The molecule has 0 aliphatic carbocycles. The minimum absolute atomic E-state index is 0.121. The van der Waals surface area contributed by atoms with Crippen molar-refractivity contribution in [3.05, 3.63) is 59.1 Å². The van der Waals surface area contributed by atoms with Gasteiger partial charge in [-0.1, -0.05) is 23.7 Å². The number of amides is 1. The Bertz CT molecular complexity index is 640. The Hall–Kier alpha value is -2.20. The zero-order valence-electron chi connectivity index (χ0n) is 13.4. The molecule has 0 bridgehead atoms. The topological polar surface area (TPSA) is 47.6 Å². The molecule has 23 heavy (non-hydrogen) atoms. The van der Waals surface area contributed by atoms with Crippen LogP contribution in [0.25, 0.3) is 0 Å². The molecule has 0 aliphatic rings. The molecule has 0 saturated carbocycles. The normalized spacial score (nSPS) is 13.0. The Labute approximate surface area is 141 Å². The fraction of sp³-hybridized carbons (Fsp3) is 0.278. The van der Waals surface area contributed by atoms with E-state index in [1.165, 1.54) is 0 Å². The van der Waals surface area contributed by atoms with E-state index < -0.39 is 6.10 Å². The predicted octanol–water partition coefficient (Wildman–Crippen LogP) is 3.99. The van der Waals surface area contributed by atoms with E-state index in [0.29, 0.717) is 10.8 Å². The van der Waals surface area contributed by atoms with Crippen molar-refractivity contribution in [2.75, 3.05) is 7.11 Å². The summed E-state index contributed by atoms with van der Waals surface area (Å²) < 4.78 is 10.7. The van der Waals surface area contributed by atoms with Gasteiger partial charge in [0.15, 0.2) is 6.10 Å². The highest BCUT2D eigenvalue weighted by Gasteiger charge is 2.17. The molecular formula is C18H20ClNO3. The molecule has 0 spiro atoms. The van der Waals surface area contributed by atoms with Crippen LogP contribution in [0, 0.1) is 0 Å². The Kier molecular flexibility index (Phi) is 5.88. The summed E-state index contributed by atoms with van der Waals surface area (Å²) in [5, 5.41) is 3.56. The number of carbonyl (C=O) groups is 1. The van der Waals surface area contributed by atoms with E-state index >= 15 is 0 Å². The molecule has 0 fully saturated rings. The molecule has 4 nitrogen and oxygen atoms in total. The highest BCUT2D eigenvalue weighted by Crippen LogP contribution is 2.19. The van der Waals surface area contributed by atoms with E-state index in [-0.39, 0.29) is 11.9 Å². The van der Waals surface area contributed by atoms with Gasteiger partial charge in [-0.15, -0.1) is 0 Å². The largest absolute Gasteiger partial charge is 0.497 e. The number of halogens is 1. The first-order valence-electron chi connectivity index (χ1n) is 7.36. The van der Waals surface area contributed by atoms with Gasteiger partial charge in [-0.3, -0.25) is 4.79 Å². The number of hydrogen-bond donors (Lipinski definition) is 1. The van der Waals surface area contributed by atoms with Gasteiger partial charge in [-0.05, 0) is 55.8 Å². The van der Waals surface area contributed by atoms with Crippen molar-refractivity contribution in [3.8, 4) is 11.5 Å². The van der Waals surface area contributed by atoms with Crippen LogP contribution in [0.1, 0.15) is 25.5 Å². The molecule has 0 saturated heterocycles. The SMILES string of the molecule is COc1ccc([C@@H](C)NC(=O)[C@H](C)Oc2ccc(Cl)cc2)cc1. The molecule has 0 aromatic heterocycles. The van der Waals surface area contributed by atoms with Crippen molar-refractivity contribution >= 4 is 17.5 Å². The second-order valence-corrected chi connectivity index (χ2v) is 5.65. The number of methoxy groups -OCH3 is 1. The maximum atomic E-state index is 12.2. The van der Waals surface area contributed by atoms with E-state index in [4.69, 9.17) is 21.1 Å². The molecule has 2 rings (SSSR count). The van der Waals surface area contributed by atoms with Crippen LogP contribution in [0.15, 0.2) is 48.5 Å². The molecule has 0 heterocycles. The smallest absolute Gasteiger partial charge is 0.261 e. The second-order valence-electron chi connectivity index (χ2n) is 5.22. The second kappa shape index (κ2) is 7.88. The predicted molar refractivity (Wildman–Crippen MR) is 91.1 cm³/mol. The fourth-order valence-electron chi connectivity index (χ4n) is 2.08. The van der Waals surface area contributed by atoms with Crippen molar-refractivity contribution in [3.63, 3.8) is 0 Å². The van der Waals surface area contributed by atoms with Crippen LogP contribution in [0.5, 0.6) is 11.5 Å². The average Bonchev–Trinajstić information content (AvgIpc) is 2.56. The van der Waals surface area contributed by atoms with Crippen LogP contribution in [0.3, 0.4) is 0 Å². The molecule has 5 heteroatoms. The van der Waals surface area contributed by atoms with Gasteiger partial charge in [0.05, 0.1) is 13.2 Å². The number of ether oxygens (including phenoxy) is 2. The van der Waals surface area contributed by atoms with Crippen LogP contribution in [0.2, 0.25) is 5.02 Å². The number of benzene rings is 2. The van der Waals surface area contributed by atoms with Gasteiger partial charge >= 0.3 is 0 Å². The molecule has 2 atom stereocenters. The highest BCUT2D eigenvalue weighted by molar-refractivity contribution is 6.30. The molecule has 2 aromatic rings. The maximum absolute atomic E-state index is 12.2. The summed E-state index contributed by atoms with van der Waals surface area (Å²) in [7, 11) is 1.62. The molecule has 0 unspecified atom stereocenters. The van der Waals surface area contributed by atoms with Gasteiger partial charge in [0.25, 0.3) is 5.91 Å². The standard InChI is InChI=1S/C18H20ClNO3/c1-12(14-4-8-16(22-3)9-5-14)20-18(21)13(2)23-17-10-6-15(19)7-11-17/h4-13H,1-3H3,(H,20,21)/t12-,13+/m1/s1. The van der Waals surface area contributed by atoms with Gasteiger partial charge in [-0.2, -0.15) is 0 Å². The quantitative estimate of drug-likeness (QED) is 0.869. The minimum atomic E-state index is -0.600. The fourth-order valence-corrected chi connectivity index (χ4v) is 2.20. The summed E-state index contributed by atoms with van der Waals surface area (Å²) in [5.41, 5.74) is 0.998. The molecular weight excluding hydrogens is 314 g/mol. The Morgan fingerprint density at radius 3 is 2.13 bits per heavy atom. The van der Waals surface area contributed by atoms with Gasteiger partial charge in [0.2, 0.25) is 0 Å². The van der Waals surface area contributed by atoms with E-state index in [9.17, 15) is 4.79 Å². The van der Waals surface area contributed by atoms with Crippen LogP contribution in [-0.2, 0) is 4.79 Å². The van der Waals surface area contributed by atoms with Crippen LogP contribution in [0.4, 0.5) is 0 Å². The summed E-state index contributed by atoms with van der Waals surface area (Å²) >= 11 is 5.83. The molecule has 1 N–H and O–H groups in total. The van der Waals surface area contributed by atoms with Crippen LogP contribution < -0.4 is 14.8 Å². The van der Waals surface area contributed by atoms with Crippen molar-refractivity contribution in [1.82, 2.24) is 5.32 Å². The number of rotatable bonds is 6. The van der Waals surface area contributed by atoms with E-state index in [1.807, 2.05) is 31.2 Å². The summed E-state index contributed by atoms with van der Waals surface area (Å²) in [6, 6.07) is 14.4. The lowest BCUT2D eigenvalue weighted by Gasteiger charge is -2.19. The Morgan fingerprint density at radius 1 is 1.00 bits per heavy atom. The van der Waals surface area contributed by atoms with Gasteiger partial charge in [-0.25, -0.2) is 0 Å². The third-order valence-corrected chi connectivity index (χ3v) is 3.72. The molecule has 2 aromatic carbocycles. The molecule has 122 valence electrons. The van der Waals surface area contributed by atoms with Crippen molar-refractivity contribution < 1.29 is 14.3 Å². The Morgan fingerprint density at radius 2 is 1.57 bits per heavy atom. The summed E-state index contributed by atoms with van der Waals surface area (Å²) in [5.74, 6) is 1.21.